The average molecular weight is 239 g/mol. The maximum atomic E-state index is 5.81. The van der Waals surface area contributed by atoms with Crippen molar-refractivity contribution in [2.45, 2.75) is 31.7 Å². The van der Waals surface area contributed by atoms with Crippen LogP contribution in [0.25, 0.3) is 0 Å². The topological polar surface area (TPSA) is 51.8 Å². The minimum Gasteiger partial charge on any atom is -0.328 e. The van der Waals surface area contributed by atoms with E-state index in [-0.39, 0.29) is 6.04 Å². The van der Waals surface area contributed by atoms with Crippen LogP contribution >= 0.6 is 0 Å². The van der Waals surface area contributed by atoms with Gasteiger partial charge in [0, 0.05) is 30.3 Å². The summed E-state index contributed by atoms with van der Waals surface area (Å²) in [6.45, 7) is 2.00. The normalized spacial score (nSPS) is 18.9. The van der Waals surface area contributed by atoms with Crippen molar-refractivity contribution in [3.63, 3.8) is 0 Å². The predicted molar refractivity (Wildman–Crippen MR) is 71.4 cm³/mol. The molecule has 0 aliphatic heterocycles. The number of hydrogen-bond donors (Lipinski definition) is 1. The Morgan fingerprint density at radius 1 is 1.33 bits per heavy atom. The first-order valence-corrected chi connectivity index (χ1v) is 6.39. The van der Waals surface area contributed by atoms with Crippen LogP contribution < -0.4 is 5.73 Å². The highest BCUT2D eigenvalue weighted by Gasteiger charge is 2.29. The zero-order valence-electron chi connectivity index (χ0n) is 10.5. The Morgan fingerprint density at radius 2 is 2.17 bits per heavy atom. The van der Waals surface area contributed by atoms with Crippen LogP contribution in [0.3, 0.4) is 0 Å². The molecule has 1 aromatic heterocycles. The van der Waals surface area contributed by atoms with Crippen LogP contribution in [-0.2, 0) is 12.8 Å². The maximum Gasteiger partial charge on any atom is 0.136 e. The molecule has 0 fully saturated rings. The molecule has 0 bridgehead atoms. The van der Waals surface area contributed by atoms with Crippen LogP contribution in [0.15, 0.2) is 36.5 Å². The van der Waals surface area contributed by atoms with Crippen molar-refractivity contribution in [1.82, 2.24) is 9.97 Å². The minimum atomic E-state index is 0.140. The fourth-order valence-electron chi connectivity index (χ4n) is 2.51. The Kier molecular flexibility index (Phi) is 2.84. The summed E-state index contributed by atoms with van der Waals surface area (Å²) in [7, 11) is 0. The van der Waals surface area contributed by atoms with E-state index >= 15 is 0 Å². The Balaban J connectivity index is 1.86. The number of benzene rings is 1. The number of rotatable bonds is 3. The summed E-state index contributed by atoms with van der Waals surface area (Å²) in [6, 6.07) is 10.6. The molecule has 3 heteroatoms. The summed E-state index contributed by atoms with van der Waals surface area (Å²) < 4.78 is 0. The fourth-order valence-corrected chi connectivity index (χ4v) is 2.51. The van der Waals surface area contributed by atoms with Gasteiger partial charge in [0.25, 0.3) is 0 Å². The van der Waals surface area contributed by atoms with Gasteiger partial charge in [0.15, 0.2) is 0 Å². The maximum absolute atomic E-state index is 5.81. The first kappa shape index (κ1) is 11.4. The van der Waals surface area contributed by atoms with Crippen molar-refractivity contribution in [1.29, 1.82) is 0 Å². The van der Waals surface area contributed by atoms with Crippen LogP contribution in [0.2, 0.25) is 0 Å². The summed E-state index contributed by atoms with van der Waals surface area (Å²) in [5.41, 5.74) is 9.65. The van der Waals surface area contributed by atoms with Gasteiger partial charge in [-0.2, -0.15) is 0 Å². The third-order valence-electron chi connectivity index (χ3n) is 3.43. The van der Waals surface area contributed by atoms with Crippen molar-refractivity contribution in [3.8, 4) is 0 Å². The molecule has 1 heterocycles. The first-order valence-electron chi connectivity index (χ1n) is 6.39. The van der Waals surface area contributed by atoms with Gasteiger partial charge in [0.2, 0.25) is 0 Å². The van der Waals surface area contributed by atoms with Crippen molar-refractivity contribution >= 4 is 0 Å². The minimum absolute atomic E-state index is 0.140. The molecule has 3 rings (SSSR count). The molecule has 18 heavy (non-hydrogen) atoms. The molecule has 0 amide bonds. The van der Waals surface area contributed by atoms with E-state index in [4.69, 9.17) is 5.73 Å². The molecule has 3 nitrogen and oxygen atoms in total. The van der Waals surface area contributed by atoms with E-state index < -0.39 is 0 Å². The molecule has 2 aromatic rings. The fraction of sp³-hybridized carbons (Fsp3) is 0.333. The largest absolute Gasteiger partial charge is 0.328 e. The van der Waals surface area contributed by atoms with E-state index in [2.05, 4.69) is 34.2 Å². The van der Waals surface area contributed by atoms with E-state index in [9.17, 15) is 0 Å². The first-order chi connectivity index (χ1) is 8.74. The highest BCUT2D eigenvalue weighted by atomic mass is 14.9. The van der Waals surface area contributed by atoms with Crippen LogP contribution in [-0.4, -0.2) is 16.0 Å². The average Bonchev–Trinajstić information content (AvgIpc) is 2.30. The molecule has 1 aliphatic carbocycles. The van der Waals surface area contributed by atoms with Crippen LogP contribution in [0.4, 0.5) is 0 Å². The van der Waals surface area contributed by atoms with Crippen LogP contribution in [0.5, 0.6) is 0 Å². The number of fused-ring (bicyclic) bond motifs is 1. The number of hydrogen-bond acceptors (Lipinski definition) is 3. The van der Waals surface area contributed by atoms with Gasteiger partial charge in [-0.15, -0.1) is 0 Å². The van der Waals surface area contributed by atoms with E-state index in [0.29, 0.717) is 5.92 Å². The third kappa shape index (κ3) is 2.02. The third-order valence-corrected chi connectivity index (χ3v) is 3.43. The van der Waals surface area contributed by atoms with Gasteiger partial charge >= 0.3 is 0 Å². The van der Waals surface area contributed by atoms with Gasteiger partial charge in [-0.05, 0) is 30.5 Å². The lowest BCUT2D eigenvalue weighted by molar-refractivity contribution is 0.642. The molecular weight excluding hydrogens is 222 g/mol. The zero-order valence-corrected chi connectivity index (χ0v) is 10.5. The molecule has 2 atom stereocenters. The monoisotopic (exact) mass is 239 g/mol. The summed E-state index contributed by atoms with van der Waals surface area (Å²) in [6.07, 6.45) is 3.71. The van der Waals surface area contributed by atoms with Crippen LogP contribution in [0, 0.1) is 0 Å². The lowest BCUT2D eigenvalue weighted by Crippen LogP contribution is -2.22. The highest BCUT2D eigenvalue weighted by Crippen LogP contribution is 2.38. The molecule has 2 N–H and O–H groups in total. The van der Waals surface area contributed by atoms with Crippen molar-refractivity contribution in [2.24, 2.45) is 5.73 Å². The van der Waals surface area contributed by atoms with Gasteiger partial charge in [-0.1, -0.05) is 24.3 Å². The standard InChI is InChI=1S/C15H17N3/c1-10(16)8-12-6-7-17-15(18-12)14-9-11-4-2-3-5-13(11)14/h2-7,10,14H,8-9,16H2,1H3. The number of nitrogens with zero attached hydrogens (tertiary/aromatic N) is 2. The lowest BCUT2D eigenvalue weighted by Gasteiger charge is -2.28. The Hall–Kier alpha value is -1.74. The van der Waals surface area contributed by atoms with E-state index in [0.717, 1.165) is 24.4 Å². The number of aromatic nitrogens is 2. The van der Waals surface area contributed by atoms with Crippen molar-refractivity contribution < 1.29 is 0 Å². The zero-order chi connectivity index (χ0) is 12.5. The van der Waals surface area contributed by atoms with E-state index in [1.54, 1.807) is 0 Å². The summed E-state index contributed by atoms with van der Waals surface area (Å²) in [5.74, 6) is 1.31. The SMILES string of the molecule is CC(N)Cc1ccnc(C2Cc3ccccc32)n1. The van der Waals surface area contributed by atoms with Gasteiger partial charge in [0.1, 0.15) is 5.82 Å². The van der Waals surface area contributed by atoms with Gasteiger partial charge in [-0.3, -0.25) is 0 Å². The second kappa shape index (κ2) is 4.50. The van der Waals surface area contributed by atoms with Crippen molar-refractivity contribution in [2.75, 3.05) is 0 Å². The van der Waals surface area contributed by atoms with Crippen LogP contribution in [0.1, 0.15) is 35.5 Å². The molecule has 2 unspecified atom stereocenters. The Morgan fingerprint density at radius 3 is 2.94 bits per heavy atom. The van der Waals surface area contributed by atoms with Gasteiger partial charge < -0.3 is 5.73 Å². The molecule has 0 spiro atoms. The molecular formula is C15H17N3. The van der Waals surface area contributed by atoms with E-state index in [1.165, 1.54) is 11.1 Å². The van der Waals surface area contributed by atoms with Gasteiger partial charge in [-0.25, -0.2) is 9.97 Å². The molecule has 0 radical (unpaired) electrons. The Bertz CT molecular complexity index is 563. The molecule has 92 valence electrons. The quantitative estimate of drug-likeness (QED) is 0.892. The second-order valence-corrected chi connectivity index (χ2v) is 5.04. The van der Waals surface area contributed by atoms with Gasteiger partial charge in [0.05, 0.1) is 0 Å². The molecule has 1 aromatic carbocycles. The van der Waals surface area contributed by atoms with E-state index in [1.807, 2.05) is 19.2 Å². The molecule has 0 saturated carbocycles. The lowest BCUT2D eigenvalue weighted by atomic mass is 9.77. The summed E-state index contributed by atoms with van der Waals surface area (Å²) in [4.78, 5) is 9.06. The molecule has 0 saturated heterocycles. The Labute approximate surface area is 107 Å². The predicted octanol–water partition coefficient (Wildman–Crippen LogP) is 2.05. The highest BCUT2D eigenvalue weighted by molar-refractivity contribution is 5.43. The summed E-state index contributed by atoms with van der Waals surface area (Å²) >= 11 is 0. The number of nitrogens with two attached hydrogens (primary N) is 1. The smallest absolute Gasteiger partial charge is 0.136 e. The second-order valence-electron chi connectivity index (χ2n) is 5.04. The summed E-state index contributed by atoms with van der Waals surface area (Å²) in [5, 5.41) is 0. The molecule has 1 aliphatic rings. The van der Waals surface area contributed by atoms with Crippen molar-refractivity contribution in [3.05, 3.63) is 59.2 Å².